The van der Waals surface area contributed by atoms with E-state index in [1.54, 1.807) is 0 Å². The first kappa shape index (κ1) is 20.7. The number of rotatable bonds is 6. The molecule has 0 bridgehead atoms. The zero-order valence-corrected chi connectivity index (χ0v) is 17.8. The number of hydrogen-bond donors (Lipinski definition) is 3. The predicted molar refractivity (Wildman–Crippen MR) is 117 cm³/mol. The molecular weight excluding hydrogens is 362 g/mol. The van der Waals surface area contributed by atoms with Gasteiger partial charge in [-0.25, -0.2) is 0 Å². The van der Waals surface area contributed by atoms with E-state index in [4.69, 9.17) is 23.8 Å². The van der Waals surface area contributed by atoms with Crippen LogP contribution < -0.4 is 15.5 Å². The minimum Gasteiger partial charge on any atom is -0.356 e. The summed E-state index contributed by atoms with van der Waals surface area (Å²) in [6, 6.07) is 13.2. The molecule has 0 radical (unpaired) electrons. The van der Waals surface area contributed by atoms with Crippen molar-refractivity contribution in [2.75, 3.05) is 26.0 Å². The average molecular weight is 391 g/mol. The van der Waals surface area contributed by atoms with Gasteiger partial charge in [-0.3, -0.25) is 0 Å². The molecule has 0 saturated heterocycles. The van der Waals surface area contributed by atoms with Crippen LogP contribution in [0.4, 0.5) is 5.69 Å². The lowest BCUT2D eigenvalue weighted by Crippen LogP contribution is -3.07. The van der Waals surface area contributed by atoms with Crippen molar-refractivity contribution in [3.63, 3.8) is 0 Å². The maximum atomic E-state index is 6.36. The molecule has 0 aromatic heterocycles. The molecule has 0 amide bonds. The summed E-state index contributed by atoms with van der Waals surface area (Å²) in [6.07, 6.45) is 1.06. The van der Waals surface area contributed by atoms with E-state index < -0.39 is 0 Å². The van der Waals surface area contributed by atoms with Crippen molar-refractivity contribution in [3.8, 4) is 0 Å². The Hall–Kier alpha value is -1.62. The van der Waals surface area contributed by atoms with Crippen molar-refractivity contribution in [2.45, 2.75) is 33.2 Å². The van der Waals surface area contributed by atoms with Crippen molar-refractivity contribution in [1.82, 2.24) is 5.32 Å². The van der Waals surface area contributed by atoms with Crippen molar-refractivity contribution in [3.05, 3.63) is 63.7 Å². The molecule has 3 nitrogen and oxygen atoms in total. The molecule has 140 valence electrons. The van der Waals surface area contributed by atoms with Crippen molar-refractivity contribution in [2.24, 2.45) is 0 Å². The van der Waals surface area contributed by atoms with Gasteiger partial charge in [-0.05, 0) is 55.2 Å². The molecule has 2 aromatic carbocycles. The summed E-state index contributed by atoms with van der Waals surface area (Å²) in [5, 5.41) is 7.88. The zero-order valence-electron chi connectivity index (χ0n) is 16.2. The number of nitrogens with one attached hydrogen (secondary N) is 3. The Morgan fingerprint density at radius 1 is 1.15 bits per heavy atom. The van der Waals surface area contributed by atoms with E-state index in [2.05, 4.69) is 62.0 Å². The highest BCUT2D eigenvalue weighted by Gasteiger charge is 2.18. The molecule has 5 heteroatoms. The fourth-order valence-electron chi connectivity index (χ4n) is 3.07. The molecule has 3 N–H and O–H groups in total. The van der Waals surface area contributed by atoms with Crippen molar-refractivity contribution >= 4 is 34.6 Å². The van der Waals surface area contributed by atoms with Gasteiger partial charge >= 0.3 is 0 Å². The first-order chi connectivity index (χ1) is 12.3. The molecule has 0 saturated carbocycles. The molecule has 2 aromatic rings. The van der Waals surface area contributed by atoms with Crippen LogP contribution in [0.3, 0.4) is 0 Å². The lowest BCUT2D eigenvalue weighted by molar-refractivity contribution is -0.890. The summed E-state index contributed by atoms with van der Waals surface area (Å²) < 4.78 is 0. The lowest BCUT2D eigenvalue weighted by Gasteiger charge is -2.23. The maximum Gasteiger partial charge on any atom is 0.171 e. The lowest BCUT2D eigenvalue weighted by atomic mass is 10.0. The number of aryl methyl sites for hydroxylation is 3. The molecule has 0 fully saturated rings. The van der Waals surface area contributed by atoms with Crippen LogP contribution in [-0.2, 0) is 6.42 Å². The third kappa shape index (κ3) is 5.44. The number of benzene rings is 2. The highest BCUT2D eigenvalue weighted by Crippen LogP contribution is 2.27. The van der Waals surface area contributed by atoms with Gasteiger partial charge in [0, 0.05) is 5.56 Å². The van der Waals surface area contributed by atoms with Gasteiger partial charge in [-0.15, -0.1) is 0 Å². The van der Waals surface area contributed by atoms with E-state index in [0.717, 1.165) is 29.8 Å². The van der Waals surface area contributed by atoms with Crippen LogP contribution >= 0.6 is 23.8 Å². The van der Waals surface area contributed by atoms with E-state index in [0.29, 0.717) is 16.2 Å². The summed E-state index contributed by atoms with van der Waals surface area (Å²) in [5.74, 6) is 0. The van der Waals surface area contributed by atoms with Gasteiger partial charge < -0.3 is 15.5 Å². The van der Waals surface area contributed by atoms with Gasteiger partial charge in [0.2, 0.25) is 0 Å². The van der Waals surface area contributed by atoms with Gasteiger partial charge in [0.25, 0.3) is 0 Å². The van der Waals surface area contributed by atoms with Crippen molar-refractivity contribution in [1.29, 1.82) is 0 Å². The molecule has 0 spiro atoms. The Labute approximate surface area is 167 Å². The van der Waals surface area contributed by atoms with E-state index in [-0.39, 0.29) is 0 Å². The fraction of sp³-hybridized carbons (Fsp3) is 0.381. The van der Waals surface area contributed by atoms with Crippen LogP contribution in [0.25, 0.3) is 0 Å². The van der Waals surface area contributed by atoms with Crippen LogP contribution in [0.5, 0.6) is 0 Å². The molecule has 0 unspecified atom stereocenters. The first-order valence-corrected chi connectivity index (χ1v) is 9.81. The summed E-state index contributed by atoms with van der Waals surface area (Å²) in [5.41, 5.74) is 5.77. The first-order valence-electron chi connectivity index (χ1n) is 9.02. The number of likely N-dealkylation sites (N-methyl/N-ethyl adjacent to an activating group) is 1. The second-order valence-corrected chi connectivity index (χ2v) is 7.81. The number of halogens is 1. The van der Waals surface area contributed by atoms with E-state index in [1.807, 2.05) is 19.9 Å². The van der Waals surface area contributed by atoms with Crippen LogP contribution in [0, 0.1) is 13.8 Å². The minimum absolute atomic E-state index is 0.315. The number of quaternary nitrogens is 1. The average Bonchev–Trinajstić information content (AvgIpc) is 2.58. The Bertz CT molecular complexity index is 733. The van der Waals surface area contributed by atoms with Gasteiger partial charge in [0.1, 0.15) is 6.04 Å². The van der Waals surface area contributed by atoms with Gasteiger partial charge in [-0.1, -0.05) is 48.9 Å². The Morgan fingerprint density at radius 2 is 1.81 bits per heavy atom. The van der Waals surface area contributed by atoms with Crippen molar-refractivity contribution < 1.29 is 4.90 Å². The second kappa shape index (κ2) is 9.36. The smallest absolute Gasteiger partial charge is 0.171 e. The quantitative estimate of drug-likeness (QED) is 0.657. The topological polar surface area (TPSA) is 28.5 Å². The van der Waals surface area contributed by atoms with Gasteiger partial charge in [0.05, 0.1) is 31.4 Å². The largest absolute Gasteiger partial charge is 0.356 e. The highest BCUT2D eigenvalue weighted by atomic mass is 35.5. The standard InChI is InChI=1S/C21H28ClN3S/c1-6-16-7-9-17(10-8-16)19(25(4)5)13-23-21(26)24-20-15(3)11-14(2)12-18(20)22/h7-12,19H,6,13H2,1-5H3,(H2,23,24,26)/p+1/t19-/m0/s1. The van der Waals surface area contributed by atoms with Crippen LogP contribution in [0.1, 0.15) is 35.2 Å². The van der Waals surface area contributed by atoms with Crippen LogP contribution in [-0.4, -0.2) is 25.8 Å². The molecule has 0 aliphatic rings. The van der Waals surface area contributed by atoms with Gasteiger partial charge in [0.15, 0.2) is 5.11 Å². The third-order valence-electron chi connectivity index (χ3n) is 4.62. The molecule has 0 aliphatic heterocycles. The predicted octanol–water partition coefficient (Wildman–Crippen LogP) is 3.69. The summed E-state index contributed by atoms with van der Waals surface area (Å²) in [7, 11) is 4.33. The molecular formula is C21H29ClN3S+. The minimum atomic E-state index is 0.315. The zero-order chi connectivity index (χ0) is 19.3. The van der Waals surface area contributed by atoms with E-state index in [9.17, 15) is 0 Å². The Balaban J connectivity index is 2.03. The summed E-state index contributed by atoms with van der Waals surface area (Å²) >= 11 is 11.9. The fourth-order valence-corrected chi connectivity index (χ4v) is 3.62. The number of anilines is 1. The molecule has 0 heterocycles. The Kier molecular flexibility index (Phi) is 7.44. The van der Waals surface area contributed by atoms with Crippen LogP contribution in [0.15, 0.2) is 36.4 Å². The highest BCUT2D eigenvalue weighted by molar-refractivity contribution is 7.80. The maximum absolute atomic E-state index is 6.36. The molecule has 2 rings (SSSR count). The summed E-state index contributed by atoms with van der Waals surface area (Å²) in [6.45, 7) is 7.00. The van der Waals surface area contributed by atoms with E-state index in [1.165, 1.54) is 16.0 Å². The monoisotopic (exact) mass is 390 g/mol. The third-order valence-corrected chi connectivity index (χ3v) is 5.17. The normalized spacial score (nSPS) is 12.1. The number of thiocarbonyl (C=S) groups is 1. The number of hydrogen-bond acceptors (Lipinski definition) is 1. The molecule has 26 heavy (non-hydrogen) atoms. The van der Waals surface area contributed by atoms with E-state index >= 15 is 0 Å². The SMILES string of the molecule is CCc1ccc([C@H](CNC(=S)Nc2c(C)cc(C)cc2Cl)[NH+](C)C)cc1. The van der Waals surface area contributed by atoms with Crippen LogP contribution in [0.2, 0.25) is 5.02 Å². The Morgan fingerprint density at radius 3 is 2.35 bits per heavy atom. The molecule has 0 aliphatic carbocycles. The molecule has 1 atom stereocenters. The second-order valence-electron chi connectivity index (χ2n) is 7.00. The summed E-state index contributed by atoms with van der Waals surface area (Å²) in [4.78, 5) is 1.36. The van der Waals surface area contributed by atoms with Gasteiger partial charge in [-0.2, -0.15) is 0 Å².